The van der Waals surface area contributed by atoms with E-state index in [1.54, 1.807) is 25.7 Å². The lowest BCUT2D eigenvalue weighted by Crippen LogP contribution is -2.12. The van der Waals surface area contributed by atoms with Crippen LogP contribution in [0.25, 0.3) is 0 Å². The van der Waals surface area contributed by atoms with Crippen LogP contribution in [-0.2, 0) is 0 Å². The summed E-state index contributed by atoms with van der Waals surface area (Å²) in [6.45, 7) is 0. The number of rotatable bonds is 0. The highest BCUT2D eigenvalue weighted by Crippen LogP contribution is 3.09. The van der Waals surface area contributed by atoms with Gasteiger partial charge in [-0.1, -0.05) is 0 Å². The van der Waals surface area contributed by atoms with Gasteiger partial charge in [-0.2, -0.15) is 0 Å². The van der Waals surface area contributed by atoms with Gasteiger partial charge >= 0.3 is 0 Å². The summed E-state index contributed by atoms with van der Waals surface area (Å²) < 4.78 is 0. The minimum atomic E-state index is 0.973. The fourth-order valence-corrected chi connectivity index (χ4v) is 5.61. The third kappa shape index (κ3) is 0.144. The Balaban J connectivity index is 1.96. The standard InChI is InChI=1S/C10H11/c1-5-2-7-3-6(1)9-4-10(7,9)8(5)9/h5-7H,1-4H2/q+1. The van der Waals surface area contributed by atoms with E-state index in [0.717, 1.165) is 16.7 Å². The molecule has 2 spiro atoms. The van der Waals surface area contributed by atoms with Gasteiger partial charge in [0.25, 0.3) is 0 Å². The van der Waals surface area contributed by atoms with E-state index in [9.17, 15) is 0 Å². The van der Waals surface area contributed by atoms with Gasteiger partial charge in [-0.25, -0.2) is 0 Å². The minimum absolute atomic E-state index is 0.973. The first kappa shape index (κ1) is 4.04. The summed E-state index contributed by atoms with van der Waals surface area (Å²) in [7, 11) is 0. The van der Waals surface area contributed by atoms with Crippen LogP contribution in [0.3, 0.4) is 0 Å². The molecule has 0 nitrogen and oxygen atoms in total. The van der Waals surface area contributed by atoms with Crippen molar-refractivity contribution in [3.8, 4) is 0 Å². The van der Waals surface area contributed by atoms with Crippen molar-refractivity contribution in [2.24, 2.45) is 28.6 Å². The summed E-state index contributed by atoms with van der Waals surface area (Å²) in [6.07, 6.45) is 6.53. The SMILES string of the molecule is C1C2CC3CC1C14CC31[C+]24. The van der Waals surface area contributed by atoms with Gasteiger partial charge in [-0.15, -0.1) is 0 Å². The Bertz CT molecular complexity index is 233. The topological polar surface area (TPSA) is 0 Å². The van der Waals surface area contributed by atoms with Gasteiger partial charge in [0.1, 0.15) is 11.8 Å². The molecule has 5 aliphatic rings. The molecule has 0 amide bonds. The summed E-state index contributed by atoms with van der Waals surface area (Å²) in [5.74, 6) is 5.69. The third-order valence-electron chi connectivity index (χ3n) is 5.64. The molecule has 0 aliphatic heterocycles. The lowest BCUT2D eigenvalue weighted by molar-refractivity contribution is 0.291. The quantitative estimate of drug-likeness (QED) is 0.441. The van der Waals surface area contributed by atoms with Crippen molar-refractivity contribution >= 4 is 0 Å². The molecule has 5 saturated carbocycles. The summed E-state index contributed by atoms with van der Waals surface area (Å²) in [5.41, 5.74) is 1.95. The van der Waals surface area contributed by atoms with Crippen LogP contribution < -0.4 is 0 Å². The molecule has 0 N–H and O–H groups in total. The van der Waals surface area contributed by atoms with Crippen LogP contribution in [0.5, 0.6) is 0 Å². The molecular formula is C10H11+. The van der Waals surface area contributed by atoms with E-state index < -0.39 is 0 Å². The van der Waals surface area contributed by atoms with Crippen LogP contribution in [0.1, 0.15) is 25.7 Å². The lowest BCUT2D eigenvalue weighted by atomic mass is 9.83. The summed E-state index contributed by atoms with van der Waals surface area (Å²) in [6, 6.07) is 0. The first-order valence-electron chi connectivity index (χ1n) is 4.77. The van der Waals surface area contributed by atoms with E-state index in [1.807, 2.05) is 0 Å². The molecule has 4 unspecified atom stereocenters. The fraction of sp³-hybridized carbons (Fsp3) is 0.900. The van der Waals surface area contributed by atoms with Crippen molar-refractivity contribution in [3.05, 3.63) is 5.92 Å². The molecule has 5 fully saturated rings. The highest BCUT2D eigenvalue weighted by Gasteiger charge is 3.16. The van der Waals surface area contributed by atoms with Crippen LogP contribution in [-0.4, -0.2) is 0 Å². The Morgan fingerprint density at radius 3 is 2.10 bits per heavy atom. The Morgan fingerprint density at radius 2 is 1.70 bits per heavy atom. The summed E-state index contributed by atoms with van der Waals surface area (Å²) >= 11 is 0. The van der Waals surface area contributed by atoms with Crippen LogP contribution in [0.4, 0.5) is 0 Å². The molecule has 0 aromatic heterocycles. The molecule has 0 heterocycles. The second-order valence-corrected chi connectivity index (χ2v) is 5.33. The lowest BCUT2D eigenvalue weighted by Gasteiger charge is -2.15. The Hall–Kier alpha value is -0.130. The zero-order valence-corrected chi connectivity index (χ0v) is 6.06. The van der Waals surface area contributed by atoms with E-state index in [2.05, 4.69) is 5.92 Å². The van der Waals surface area contributed by atoms with Crippen molar-refractivity contribution in [1.82, 2.24) is 0 Å². The highest BCUT2D eigenvalue weighted by molar-refractivity contribution is 5.65. The zero-order chi connectivity index (χ0) is 6.14. The second kappa shape index (κ2) is 0.707. The molecule has 0 bridgehead atoms. The van der Waals surface area contributed by atoms with Crippen molar-refractivity contribution < 1.29 is 0 Å². The molecule has 0 aromatic rings. The molecule has 0 heteroatoms. The molecule has 50 valence electrons. The smallest absolute Gasteiger partial charge is 0.0375 e. The van der Waals surface area contributed by atoms with Crippen LogP contribution >= 0.6 is 0 Å². The van der Waals surface area contributed by atoms with Gasteiger partial charge in [0.05, 0.1) is 6.42 Å². The van der Waals surface area contributed by atoms with Gasteiger partial charge in [0.2, 0.25) is 0 Å². The van der Waals surface area contributed by atoms with Gasteiger partial charge in [-0.3, -0.25) is 0 Å². The molecule has 0 radical (unpaired) electrons. The zero-order valence-electron chi connectivity index (χ0n) is 6.06. The van der Waals surface area contributed by atoms with Crippen molar-refractivity contribution in [2.45, 2.75) is 25.7 Å². The number of hydrogen-bond donors (Lipinski definition) is 0. The monoisotopic (exact) mass is 131 g/mol. The van der Waals surface area contributed by atoms with Gasteiger partial charge < -0.3 is 0 Å². The van der Waals surface area contributed by atoms with E-state index >= 15 is 0 Å². The molecular weight excluding hydrogens is 120 g/mol. The average molecular weight is 131 g/mol. The molecule has 5 rings (SSSR count). The van der Waals surface area contributed by atoms with Crippen molar-refractivity contribution in [2.75, 3.05) is 0 Å². The van der Waals surface area contributed by atoms with Gasteiger partial charge in [0, 0.05) is 11.8 Å². The Labute approximate surface area is 61.0 Å². The van der Waals surface area contributed by atoms with E-state index in [-0.39, 0.29) is 0 Å². The molecule has 4 atom stereocenters. The maximum absolute atomic E-state index is 2.10. The first-order chi connectivity index (χ1) is 4.89. The van der Waals surface area contributed by atoms with Crippen molar-refractivity contribution in [3.63, 3.8) is 0 Å². The fourth-order valence-electron chi connectivity index (χ4n) is 5.61. The Kier molecular flexibility index (Phi) is 0.286. The summed E-state index contributed by atoms with van der Waals surface area (Å²) in [4.78, 5) is 0. The highest BCUT2D eigenvalue weighted by atomic mass is 15.1. The van der Waals surface area contributed by atoms with Crippen LogP contribution in [0.15, 0.2) is 0 Å². The third-order valence-corrected chi connectivity index (χ3v) is 5.64. The summed E-state index contributed by atoms with van der Waals surface area (Å²) in [5, 5.41) is 0. The second-order valence-electron chi connectivity index (χ2n) is 5.33. The van der Waals surface area contributed by atoms with E-state index in [0.29, 0.717) is 0 Å². The maximum atomic E-state index is 2.10. The van der Waals surface area contributed by atoms with Crippen LogP contribution in [0, 0.1) is 34.5 Å². The van der Waals surface area contributed by atoms with Gasteiger partial charge in [0.15, 0.2) is 10.8 Å². The normalized spacial score (nSPS) is 84.0. The predicted octanol–water partition coefficient (Wildman–Crippen LogP) is 2.01. The van der Waals surface area contributed by atoms with E-state index in [1.165, 1.54) is 11.8 Å². The predicted molar refractivity (Wildman–Crippen MR) is 37.0 cm³/mol. The molecule has 0 saturated heterocycles. The first-order valence-corrected chi connectivity index (χ1v) is 4.77. The molecule has 10 heavy (non-hydrogen) atoms. The molecule has 0 aromatic carbocycles. The van der Waals surface area contributed by atoms with E-state index in [4.69, 9.17) is 0 Å². The average Bonchev–Trinajstić information content (AvgIpc) is 2.60. The maximum Gasteiger partial charge on any atom is 0.165 e. The Morgan fingerprint density at radius 1 is 1.00 bits per heavy atom. The largest absolute Gasteiger partial charge is 0.165 e. The van der Waals surface area contributed by atoms with Crippen molar-refractivity contribution in [1.29, 1.82) is 0 Å². The van der Waals surface area contributed by atoms with Gasteiger partial charge in [-0.05, 0) is 19.3 Å². The molecule has 5 aliphatic carbocycles. The van der Waals surface area contributed by atoms with Crippen LogP contribution in [0.2, 0.25) is 0 Å². The minimum Gasteiger partial charge on any atom is -0.0375 e. The number of hydrogen-bond acceptors (Lipinski definition) is 0.